The number of nitrogens with one attached hydrogen (secondary N) is 1. The Bertz CT molecular complexity index is 1020. The third-order valence-electron chi connectivity index (χ3n) is 4.04. The van der Waals surface area contributed by atoms with Crippen molar-refractivity contribution in [2.45, 2.75) is 6.42 Å². The van der Waals surface area contributed by atoms with Gasteiger partial charge in [0, 0.05) is 18.2 Å². The second kappa shape index (κ2) is 6.31. The zero-order chi connectivity index (χ0) is 16.5. The molecule has 0 spiro atoms. The molecule has 0 saturated heterocycles. The van der Waals surface area contributed by atoms with Crippen molar-refractivity contribution in [2.75, 3.05) is 0 Å². The second-order valence-corrected chi connectivity index (χ2v) is 6.48. The number of hydrogen-bond acceptors (Lipinski definition) is 1. The van der Waals surface area contributed by atoms with E-state index in [1.165, 1.54) is 16.3 Å². The molecular weight excluding hydrogens is 339 g/mol. The summed E-state index contributed by atoms with van der Waals surface area (Å²) < 4.78 is 0. The number of imidazole rings is 1. The Morgan fingerprint density at radius 3 is 2.58 bits per heavy atom. The van der Waals surface area contributed by atoms with E-state index in [2.05, 4.69) is 52.4 Å². The van der Waals surface area contributed by atoms with Crippen molar-refractivity contribution in [3.63, 3.8) is 0 Å². The Kier molecular flexibility index (Phi) is 4.01. The van der Waals surface area contributed by atoms with E-state index in [1.807, 2.05) is 18.3 Å². The first-order valence-electron chi connectivity index (χ1n) is 7.67. The summed E-state index contributed by atoms with van der Waals surface area (Å²) in [5.74, 6) is 0.899. The number of H-pyrrole nitrogens is 1. The van der Waals surface area contributed by atoms with Crippen LogP contribution in [0.1, 0.15) is 11.4 Å². The maximum atomic E-state index is 6.28. The summed E-state index contributed by atoms with van der Waals surface area (Å²) in [6.45, 7) is 0. The van der Waals surface area contributed by atoms with Gasteiger partial charge in [-0.15, -0.1) is 0 Å². The fourth-order valence-electron chi connectivity index (χ4n) is 2.83. The number of rotatable bonds is 3. The van der Waals surface area contributed by atoms with Gasteiger partial charge >= 0.3 is 0 Å². The maximum Gasteiger partial charge on any atom is 0.111 e. The molecule has 4 aromatic rings. The molecule has 2 nitrogen and oxygen atoms in total. The van der Waals surface area contributed by atoms with Crippen molar-refractivity contribution < 1.29 is 0 Å². The molecule has 24 heavy (non-hydrogen) atoms. The number of hydrogen-bond donors (Lipinski definition) is 1. The number of nitrogens with zero attached hydrogens (tertiary/aromatic N) is 1. The zero-order valence-electron chi connectivity index (χ0n) is 12.8. The van der Waals surface area contributed by atoms with E-state index in [4.69, 9.17) is 23.2 Å². The molecule has 3 aromatic carbocycles. The summed E-state index contributed by atoms with van der Waals surface area (Å²) in [7, 11) is 0. The van der Waals surface area contributed by atoms with Crippen LogP contribution in [0, 0.1) is 0 Å². The highest BCUT2D eigenvalue weighted by molar-refractivity contribution is 6.43. The topological polar surface area (TPSA) is 28.7 Å². The van der Waals surface area contributed by atoms with Gasteiger partial charge in [-0.3, -0.25) is 0 Å². The molecule has 1 aromatic heterocycles. The smallest absolute Gasteiger partial charge is 0.111 e. The van der Waals surface area contributed by atoms with E-state index in [9.17, 15) is 0 Å². The van der Waals surface area contributed by atoms with Gasteiger partial charge in [0.05, 0.1) is 15.7 Å². The molecule has 1 N–H and O–H groups in total. The van der Waals surface area contributed by atoms with Crippen LogP contribution >= 0.6 is 23.2 Å². The highest BCUT2D eigenvalue weighted by Crippen LogP contribution is 2.32. The average Bonchev–Trinajstić information content (AvgIpc) is 3.05. The SMILES string of the molecule is Clc1cccc(-c2c[nH]c(Cc3ccc4ccccc4c3)n2)c1Cl. The van der Waals surface area contributed by atoms with Crippen LogP contribution in [0.15, 0.2) is 66.9 Å². The number of fused-ring (bicyclic) bond motifs is 1. The third kappa shape index (κ3) is 2.91. The molecule has 1 heterocycles. The van der Waals surface area contributed by atoms with E-state index in [1.54, 1.807) is 6.07 Å². The minimum absolute atomic E-state index is 0.530. The summed E-state index contributed by atoms with van der Waals surface area (Å²) in [6, 6.07) is 20.4. The molecule has 0 aliphatic heterocycles. The van der Waals surface area contributed by atoms with Gasteiger partial charge in [0.1, 0.15) is 5.82 Å². The molecule has 0 unspecified atom stereocenters. The van der Waals surface area contributed by atoms with E-state index in [0.717, 1.165) is 23.5 Å². The zero-order valence-corrected chi connectivity index (χ0v) is 14.3. The quantitative estimate of drug-likeness (QED) is 0.472. The Labute approximate surface area is 150 Å². The highest BCUT2D eigenvalue weighted by atomic mass is 35.5. The van der Waals surface area contributed by atoms with Gasteiger partial charge in [0.2, 0.25) is 0 Å². The number of benzene rings is 3. The first kappa shape index (κ1) is 15.3. The van der Waals surface area contributed by atoms with Crippen LogP contribution in [0.4, 0.5) is 0 Å². The lowest BCUT2D eigenvalue weighted by Gasteiger charge is -2.03. The van der Waals surface area contributed by atoms with Crippen molar-refractivity contribution in [1.29, 1.82) is 0 Å². The van der Waals surface area contributed by atoms with Crippen molar-refractivity contribution in [3.05, 3.63) is 88.3 Å². The van der Waals surface area contributed by atoms with Gasteiger partial charge < -0.3 is 4.98 Å². The van der Waals surface area contributed by atoms with Gasteiger partial charge in [0.15, 0.2) is 0 Å². The molecule has 4 heteroatoms. The molecule has 0 aliphatic rings. The van der Waals surface area contributed by atoms with Crippen LogP contribution < -0.4 is 0 Å². The molecule has 0 atom stereocenters. The highest BCUT2D eigenvalue weighted by Gasteiger charge is 2.10. The molecule has 0 saturated carbocycles. The molecule has 0 fully saturated rings. The Morgan fingerprint density at radius 1 is 0.875 bits per heavy atom. The predicted molar refractivity (Wildman–Crippen MR) is 101 cm³/mol. The standard InChI is InChI=1S/C20H14Cl2N2/c21-17-7-3-6-16(20(17)22)18-12-23-19(24-18)11-13-8-9-14-4-1-2-5-15(14)10-13/h1-10,12H,11H2,(H,23,24). The average molecular weight is 353 g/mol. The van der Waals surface area contributed by atoms with Crippen molar-refractivity contribution in [3.8, 4) is 11.3 Å². The summed E-state index contributed by atoms with van der Waals surface area (Å²) >= 11 is 12.4. The molecule has 0 radical (unpaired) electrons. The van der Waals surface area contributed by atoms with Crippen molar-refractivity contribution in [2.24, 2.45) is 0 Å². The molecule has 118 valence electrons. The van der Waals surface area contributed by atoms with Crippen LogP contribution in [0.25, 0.3) is 22.0 Å². The number of aromatic nitrogens is 2. The summed E-state index contributed by atoms with van der Waals surface area (Å²) in [5, 5.41) is 3.54. The normalized spacial score (nSPS) is 11.1. The lowest BCUT2D eigenvalue weighted by molar-refractivity contribution is 1.03. The van der Waals surface area contributed by atoms with Gasteiger partial charge in [-0.25, -0.2) is 4.98 Å². The van der Waals surface area contributed by atoms with E-state index in [0.29, 0.717) is 10.0 Å². The number of halogens is 2. The Balaban J connectivity index is 1.63. The maximum absolute atomic E-state index is 6.28. The molecule has 4 rings (SSSR count). The summed E-state index contributed by atoms with van der Waals surface area (Å²) in [6.07, 6.45) is 2.61. The fourth-order valence-corrected chi connectivity index (χ4v) is 3.23. The fraction of sp³-hybridized carbons (Fsp3) is 0.0500. The van der Waals surface area contributed by atoms with Crippen LogP contribution in [0.2, 0.25) is 10.0 Å². The lowest BCUT2D eigenvalue weighted by Crippen LogP contribution is -1.91. The monoisotopic (exact) mass is 352 g/mol. The van der Waals surface area contributed by atoms with Crippen molar-refractivity contribution in [1.82, 2.24) is 9.97 Å². The Hall–Kier alpha value is -2.29. The molecule has 0 amide bonds. The lowest BCUT2D eigenvalue weighted by atomic mass is 10.1. The second-order valence-electron chi connectivity index (χ2n) is 5.69. The predicted octanol–water partition coefficient (Wildman–Crippen LogP) is 6.13. The third-order valence-corrected chi connectivity index (χ3v) is 4.86. The molecular formula is C20H14Cl2N2. The van der Waals surface area contributed by atoms with Crippen LogP contribution in [0.3, 0.4) is 0 Å². The van der Waals surface area contributed by atoms with Crippen LogP contribution in [0.5, 0.6) is 0 Å². The van der Waals surface area contributed by atoms with Crippen LogP contribution in [-0.2, 0) is 6.42 Å². The summed E-state index contributed by atoms with van der Waals surface area (Å²) in [5.41, 5.74) is 2.86. The van der Waals surface area contributed by atoms with Gasteiger partial charge in [-0.05, 0) is 22.4 Å². The van der Waals surface area contributed by atoms with Gasteiger partial charge in [0.25, 0.3) is 0 Å². The molecule has 0 aliphatic carbocycles. The first-order valence-corrected chi connectivity index (χ1v) is 8.42. The van der Waals surface area contributed by atoms with Crippen LogP contribution in [-0.4, -0.2) is 9.97 Å². The minimum atomic E-state index is 0.530. The van der Waals surface area contributed by atoms with Crippen molar-refractivity contribution >= 4 is 34.0 Å². The largest absolute Gasteiger partial charge is 0.348 e. The summed E-state index contributed by atoms with van der Waals surface area (Å²) in [4.78, 5) is 7.89. The first-order chi connectivity index (χ1) is 11.7. The van der Waals surface area contributed by atoms with E-state index < -0.39 is 0 Å². The Morgan fingerprint density at radius 2 is 1.71 bits per heavy atom. The van der Waals surface area contributed by atoms with Gasteiger partial charge in [-0.1, -0.05) is 77.8 Å². The van der Waals surface area contributed by atoms with E-state index >= 15 is 0 Å². The van der Waals surface area contributed by atoms with E-state index in [-0.39, 0.29) is 0 Å². The number of aromatic amines is 1. The minimum Gasteiger partial charge on any atom is -0.348 e. The molecule has 0 bridgehead atoms. The van der Waals surface area contributed by atoms with Gasteiger partial charge in [-0.2, -0.15) is 0 Å².